The Bertz CT molecular complexity index is 3590. The van der Waals surface area contributed by atoms with Crippen molar-refractivity contribution in [2.24, 2.45) is 28.2 Å². The minimum atomic E-state index is -1.57. The number of hydrogen-bond acceptors (Lipinski definition) is 18. The van der Waals surface area contributed by atoms with Crippen molar-refractivity contribution in [1.29, 1.82) is 0 Å². The first-order valence-electron chi connectivity index (χ1n) is 21.3. The van der Waals surface area contributed by atoms with Gasteiger partial charge >= 0.3 is 62.6 Å². The quantitative estimate of drug-likeness (QED) is 0.0723. The first-order valence-corrected chi connectivity index (χ1v) is 21.3. The zero-order chi connectivity index (χ0) is 54.9. The van der Waals surface area contributed by atoms with Crippen LogP contribution < -0.4 is 28.2 Å². The predicted molar refractivity (Wildman–Crippen MR) is 254 cm³/mol. The first-order chi connectivity index (χ1) is 36.0. The van der Waals surface area contributed by atoms with E-state index in [0.717, 1.165) is 48.5 Å². The largest absolute Gasteiger partial charge is 3.00 e. The number of pyridine rings is 4. The van der Waals surface area contributed by atoms with Gasteiger partial charge in [-0.05, 0) is 44.3 Å². The Morgan fingerprint density at radius 1 is 0.325 bits per heavy atom. The topological polar surface area (TPSA) is 415 Å². The van der Waals surface area contributed by atoms with E-state index in [0.29, 0.717) is 0 Å². The van der Waals surface area contributed by atoms with Crippen molar-refractivity contribution < 1.29 is 74.7 Å². The molecule has 0 amide bonds. The molecule has 77 heavy (non-hydrogen) atoms. The molecule has 9 heterocycles. The van der Waals surface area contributed by atoms with Gasteiger partial charge in [-0.1, -0.05) is 0 Å². The van der Waals surface area contributed by atoms with Gasteiger partial charge < -0.3 is 9.97 Å². The van der Waals surface area contributed by atoms with Gasteiger partial charge in [-0.3, -0.25) is 80.9 Å². The molecule has 9 rings (SSSR count). The molecule has 2 aliphatic rings. The zero-order valence-corrected chi connectivity index (χ0v) is 40.5. The van der Waals surface area contributed by atoms with E-state index in [1.165, 1.54) is 96.0 Å². The Labute approximate surface area is 435 Å². The fourth-order valence-electron chi connectivity index (χ4n) is 8.76. The average molecular weight is 1090 g/mol. The van der Waals surface area contributed by atoms with Crippen LogP contribution in [0.5, 0.6) is 0 Å². The monoisotopic (exact) mass is 1090 g/mol. The van der Waals surface area contributed by atoms with Crippen LogP contribution in [0.1, 0.15) is 22.8 Å². The fourth-order valence-corrected chi connectivity index (χ4v) is 8.76. The molecule has 0 aromatic carbocycles. The van der Waals surface area contributed by atoms with Gasteiger partial charge in [0.1, 0.15) is 28.2 Å². The summed E-state index contributed by atoms with van der Waals surface area (Å²) < 4.78 is 5.61. The Hall–Kier alpha value is -11.1. The van der Waals surface area contributed by atoms with Crippen LogP contribution in [0.25, 0.3) is 89.4 Å². The number of rotatable bonds is 12. The molecule has 7 aromatic rings. The predicted octanol–water partition coefficient (Wildman–Crippen LogP) is 3.93. The van der Waals surface area contributed by atoms with E-state index in [-0.39, 0.29) is 39.3 Å². The van der Waals surface area contributed by atoms with Crippen molar-refractivity contribution in [2.75, 3.05) is 0 Å². The summed E-state index contributed by atoms with van der Waals surface area (Å²) in [5.41, 5.74) is -27.1. The SMILES string of the molecule is C[n+]1ccc(-c2c3nc(c(-c4cc[n+](C)cc4)c4[n-]c(c(-c5cc[n+](C)cc5)c5nc(c(-c6cc[n+](C)cc6)c6[n-]c2c([N+](=O)[O-])c6[N+](=O)[O-])C([N+](=O)[O-])=C5[N+](=O)[O-])c([N+](=O)[O-])c4[N+](=O)[O-])C([N+](=O)[O-])=C3[N+](=O)[O-])cc1.[Mn+3]. The van der Waals surface area contributed by atoms with Crippen molar-refractivity contribution in [3.05, 3.63) is 202 Å². The smallest absolute Gasteiger partial charge is 0.645 e. The van der Waals surface area contributed by atoms with Gasteiger partial charge in [-0.15, -0.1) is 0 Å². The molecule has 2 aliphatic heterocycles. The first kappa shape index (κ1) is 52.2. The molecule has 0 fully saturated rings. The standard InChI is InChI=1S/C44H28N16O16.Mn/c1-49-13-5-21(6-14-49)25-29-37(53(61)62)39(55(65)66)31(45-29)26(22-7-15-50(2)16-8-22)33-41(57(69)70)43(59(73)74)35(47-33)28(24-11-19-52(4)20-12-24)36-44(60(75)76)42(58(71)72)34(48-36)27(23-9-17-51(3)18-10-23)32-40(56(67)68)38(54(63)64)30(25)46-32;/h5-20H,1-4H3;/q+2;+3. The van der Waals surface area contributed by atoms with Crippen LogP contribution in [0.2, 0.25) is 0 Å². The summed E-state index contributed by atoms with van der Waals surface area (Å²) in [6.07, 6.45) is 10.3. The second-order valence-corrected chi connectivity index (χ2v) is 16.6. The van der Waals surface area contributed by atoms with Gasteiger partial charge in [-0.25, -0.2) is 28.2 Å². The molecule has 8 bridgehead atoms. The van der Waals surface area contributed by atoms with E-state index < -0.39 is 152 Å². The summed E-state index contributed by atoms with van der Waals surface area (Å²) in [7, 11) is 5.98. The number of fused-ring (bicyclic) bond motifs is 8. The molecule has 7 aromatic heterocycles. The van der Waals surface area contributed by atoms with Gasteiger partial charge in [0.15, 0.2) is 72.4 Å². The van der Waals surface area contributed by atoms with E-state index in [1.54, 1.807) is 0 Å². The van der Waals surface area contributed by atoms with Crippen molar-refractivity contribution in [3.8, 4) is 44.5 Å². The summed E-state index contributed by atoms with van der Waals surface area (Å²) in [4.78, 5) is 115. The van der Waals surface area contributed by atoms with Crippen LogP contribution in [-0.2, 0) is 45.3 Å². The molecular weight excluding hydrogens is 1060 g/mol. The van der Waals surface area contributed by atoms with Gasteiger partial charge in [-0.2, -0.15) is 0 Å². The molecule has 0 aliphatic carbocycles. The van der Waals surface area contributed by atoms with Crippen LogP contribution in [-0.4, -0.2) is 49.4 Å². The molecule has 0 saturated heterocycles. The molecule has 32 nitrogen and oxygen atoms in total. The summed E-state index contributed by atoms with van der Waals surface area (Å²) >= 11 is 0. The maximum atomic E-state index is 13.6. The molecule has 382 valence electrons. The maximum absolute atomic E-state index is 13.6. The number of hydrogen-bond donors (Lipinski definition) is 0. The second-order valence-electron chi connectivity index (χ2n) is 16.6. The van der Waals surface area contributed by atoms with Crippen molar-refractivity contribution in [3.63, 3.8) is 0 Å². The summed E-state index contributed by atoms with van der Waals surface area (Å²) in [5, 5.41) is 109. The van der Waals surface area contributed by atoms with Crippen LogP contribution in [0.15, 0.2) is 98.1 Å². The minimum absolute atomic E-state index is 0. The van der Waals surface area contributed by atoms with E-state index in [4.69, 9.17) is 0 Å². The van der Waals surface area contributed by atoms with Crippen molar-refractivity contribution in [1.82, 2.24) is 19.9 Å². The van der Waals surface area contributed by atoms with Gasteiger partial charge in [0.05, 0.1) is 39.4 Å². The summed E-state index contributed by atoms with van der Waals surface area (Å²) in [6, 6.07) is 9.26. The molecule has 0 spiro atoms. The molecule has 0 N–H and O–H groups in total. The molecule has 0 unspecified atom stereocenters. The van der Waals surface area contributed by atoms with E-state index in [2.05, 4.69) is 19.9 Å². The third kappa shape index (κ3) is 8.60. The van der Waals surface area contributed by atoms with Crippen molar-refractivity contribution >= 4 is 67.6 Å². The Kier molecular flexibility index (Phi) is 13.2. The van der Waals surface area contributed by atoms with Crippen LogP contribution >= 0.6 is 0 Å². The van der Waals surface area contributed by atoms with Gasteiger partial charge in [0.2, 0.25) is 0 Å². The van der Waals surface area contributed by atoms with E-state index in [9.17, 15) is 80.9 Å². The number of nitro groups is 8. The van der Waals surface area contributed by atoms with E-state index >= 15 is 0 Å². The maximum Gasteiger partial charge on any atom is 3.00 e. The average Bonchev–Trinajstić information content (AvgIpc) is 4.27. The zero-order valence-electron chi connectivity index (χ0n) is 39.3. The third-order valence-electron chi connectivity index (χ3n) is 12.0. The molecular formula is C44H28MnN16O16+5. The van der Waals surface area contributed by atoms with Gasteiger partial charge in [0.25, 0.3) is 0 Å². The molecule has 0 atom stereocenters. The van der Waals surface area contributed by atoms with Crippen LogP contribution in [0, 0.1) is 80.9 Å². The van der Waals surface area contributed by atoms with Crippen molar-refractivity contribution in [2.45, 2.75) is 0 Å². The second kappa shape index (κ2) is 19.4. The summed E-state index contributed by atoms with van der Waals surface area (Å²) in [6.45, 7) is 0. The van der Waals surface area contributed by atoms with Gasteiger partial charge in [0, 0.05) is 70.8 Å². The van der Waals surface area contributed by atoms with Crippen LogP contribution in [0.4, 0.5) is 22.7 Å². The molecule has 0 saturated carbocycles. The van der Waals surface area contributed by atoms with E-state index in [1.807, 2.05) is 0 Å². The Morgan fingerprint density at radius 2 is 0.494 bits per heavy atom. The number of aryl methyl sites for hydroxylation is 4. The number of aromatic nitrogens is 8. The Morgan fingerprint density at radius 3 is 0.636 bits per heavy atom. The normalized spacial score (nSPS) is 12.0. The minimum Gasteiger partial charge on any atom is -0.645 e. The number of nitrogens with zero attached hydrogens (tertiary/aromatic N) is 16. The summed E-state index contributed by atoms with van der Waals surface area (Å²) in [5.74, 6) is 0. The van der Waals surface area contributed by atoms with Crippen LogP contribution in [0.3, 0.4) is 0 Å². The third-order valence-corrected chi connectivity index (χ3v) is 12.0. The fraction of sp³-hybridized carbons (Fsp3) is 0.0909. The molecule has 0 radical (unpaired) electrons. The Balaban J connectivity index is 0.00000784. The molecule has 33 heteroatoms.